The molecule has 0 amide bonds. The van der Waals surface area contributed by atoms with Crippen LogP contribution in [-0.2, 0) is 6.42 Å². The molecule has 2 heteroatoms. The number of aliphatic hydroxyl groups excluding tert-OH is 1. The van der Waals surface area contributed by atoms with Gasteiger partial charge in [0.2, 0.25) is 0 Å². The highest BCUT2D eigenvalue weighted by molar-refractivity contribution is 5.46. The monoisotopic (exact) mass is 247 g/mol. The van der Waals surface area contributed by atoms with Crippen LogP contribution in [0.2, 0.25) is 0 Å². The van der Waals surface area contributed by atoms with Gasteiger partial charge in [0.05, 0.1) is 6.10 Å². The molecule has 0 heterocycles. The van der Waals surface area contributed by atoms with Crippen molar-refractivity contribution in [3.8, 4) is 0 Å². The Morgan fingerprint density at radius 3 is 2.44 bits per heavy atom. The second kappa shape index (κ2) is 6.24. The maximum Gasteiger partial charge on any atom is 0.0585 e. The largest absolute Gasteiger partial charge is 0.393 e. The maximum absolute atomic E-state index is 10.0. The minimum atomic E-state index is -0.101. The van der Waals surface area contributed by atoms with Gasteiger partial charge >= 0.3 is 0 Å². The van der Waals surface area contributed by atoms with Gasteiger partial charge in [0.1, 0.15) is 0 Å². The summed E-state index contributed by atoms with van der Waals surface area (Å²) in [4.78, 5) is 2.28. The minimum absolute atomic E-state index is 0.101. The van der Waals surface area contributed by atoms with Crippen LogP contribution in [0, 0.1) is 5.92 Å². The van der Waals surface area contributed by atoms with Crippen molar-refractivity contribution in [1.29, 1.82) is 0 Å². The van der Waals surface area contributed by atoms with Gasteiger partial charge in [-0.3, -0.25) is 0 Å². The highest BCUT2D eigenvalue weighted by atomic mass is 16.3. The topological polar surface area (TPSA) is 23.5 Å². The normalized spacial score (nSPS) is 23.9. The van der Waals surface area contributed by atoms with E-state index in [1.807, 2.05) is 0 Å². The van der Waals surface area contributed by atoms with Crippen LogP contribution in [0.15, 0.2) is 24.3 Å². The van der Waals surface area contributed by atoms with Crippen LogP contribution in [0.25, 0.3) is 0 Å². The molecule has 1 aromatic rings. The molecule has 1 aromatic carbocycles. The van der Waals surface area contributed by atoms with E-state index in [2.05, 4.69) is 43.1 Å². The van der Waals surface area contributed by atoms with E-state index in [-0.39, 0.29) is 6.10 Å². The van der Waals surface area contributed by atoms with Gasteiger partial charge in [0.15, 0.2) is 0 Å². The summed E-state index contributed by atoms with van der Waals surface area (Å²) < 4.78 is 0. The number of aliphatic hydroxyl groups is 1. The lowest BCUT2D eigenvalue weighted by molar-refractivity contribution is 0.0736. The smallest absolute Gasteiger partial charge is 0.0585 e. The molecule has 0 bridgehead atoms. The molecule has 2 atom stereocenters. The third-order valence-electron chi connectivity index (χ3n) is 4.16. The average Bonchev–Trinajstić information content (AvgIpc) is 2.41. The molecule has 0 saturated heterocycles. The second-order valence-corrected chi connectivity index (χ2v) is 5.51. The number of benzene rings is 1. The van der Waals surface area contributed by atoms with Crippen molar-refractivity contribution in [1.82, 2.24) is 0 Å². The molecule has 1 saturated carbocycles. The number of hydrogen-bond donors (Lipinski definition) is 1. The van der Waals surface area contributed by atoms with Crippen molar-refractivity contribution in [2.45, 2.75) is 45.1 Å². The summed E-state index contributed by atoms with van der Waals surface area (Å²) in [7, 11) is 2.13. The standard InChI is InChI=1S/C16H25NO/c1-3-13-8-10-15(11-9-13)17(2)12-14-6-4-5-7-16(14)18/h8-11,14,16,18H,3-7,12H2,1-2H3. The fraction of sp³-hybridized carbons (Fsp3) is 0.625. The summed E-state index contributed by atoms with van der Waals surface area (Å²) >= 11 is 0. The van der Waals surface area contributed by atoms with Crippen LogP contribution >= 0.6 is 0 Å². The first-order valence-electron chi connectivity index (χ1n) is 7.19. The predicted molar refractivity (Wildman–Crippen MR) is 77.1 cm³/mol. The molecular formula is C16H25NO. The van der Waals surface area contributed by atoms with E-state index in [0.717, 1.165) is 19.4 Å². The van der Waals surface area contributed by atoms with Gasteiger partial charge in [-0.05, 0) is 37.0 Å². The number of nitrogens with zero attached hydrogens (tertiary/aromatic N) is 1. The Morgan fingerprint density at radius 2 is 1.83 bits per heavy atom. The Labute approximate surface area is 111 Å². The zero-order valence-corrected chi connectivity index (χ0v) is 11.6. The molecule has 1 N–H and O–H groups in total. The molecule has 0 radical (unpaired) electrons. The van der Waals surface area contributed by atoms with E-state index in [9.17, 15) is 5.11 Å². The number of anilines is 1. The van der Waals surface area contributed by atoms with E-state index < -0.39 is 0 Å². The predicted octanol–water partition coefficient (Wildman–Crippen LogP) is 3.24. The summed E-state index contributed by atoms with van der Waals surface area (Å²) in [5, 5.41) is 10.0. The molecule has 0 aliphatic heterocycles. The molecule has 1 fully saturated rings. The summed E-state index contributed by atoms with van der Waals surface area (Å²) in [5.41, 5.74) is 2.63. The molecule has 100 valence electrons. The summed E-state index contributed by atoms with van der Waals surface area (Å²) in [5.74, 6) is 0.439. The molecule has 2 nitrogen and oxygen atoms in total. The molecule has 1 aliphatic carbocycles. The van der Waals surface area contributed by atoms with Crippen LogP contribution in [0.1, 0.15) is 38.2 Å². The van der Waals surface area contributed by atoms with Gasteiger partial charge in [-0.15, -0.1) is 0 Å². The number of aryl methyl sites for hydroxylation is 1. The van der Waals surface area contributed by atoms with Crippen LogP contribution < -0.4 is 4.90 Å². The highest BCUT2D eigenvalue weighted by Gasteiger charge is 2.24. The van der Waals surface area contributed by atoms with E-state index in [1.165, 1.54) is 30.5 Å². The lowest BCUT2D eigenvalue weighted by Crippen LogP contribution is -2.35. The zero-order chi connectivity index (χ0) is 13.0. The van der Waals surface area contributed by atoms with Crippen molar-refractivity contribution in [3.05, 3.63) is 29.8 Å². The molecule has 2 unspecified atom stereocenters. The molecule has 18 heavy (non-hydrogen) atoms. The quantitative estimate of drug-likeness (QED) is 0.883. The second-order valence-electron chi connectivity index (χ2n) is 5.51. The van der Waals surface area contributed by atoms with Gasteiger partial charge in [-0.2, -0.15) is 0 Å². The van der Waals surface area contributed by atoms with Crippen LogP contribution in [-0.4, -0.2) is 24.8 Å². The van der Waals surface area contributed by atoms with E-state index in [4.69, 9.17) is 0 Å². The van der Waals surface area contributed by atoms with Crippen LogP contribution in [0.3, 0.4) is 0 Å². The molecule has 0 spiro atoms. The third-order valence-corrected chi connectivity index (χ3v) is 4.16. The van der Waals surface area contributed by atoms with Crippen molar-refractivity contribution in [3.63, 3.8) is 0 Å². The van der Waals surface area contributed by atoms with Crippen molar-refractivity contribution in [2.75, 3.05) is 18.5 Å². The van der Waals surface area contributed by atoms with Gasteiger partial charge in [-0.1, -0.05) is 31.9 Å². The average molecular weight is 247 g/mol. The van der Waals surface area contributed by atoms with Gasteiger partial charge in [0.25, 0.3) is 0 Å². The Bertz CT molecular complexity index is 360. The molecular weight excluding hydrogens is 222 g/mol. The highest BCUT2D eigenvalue weighted by Crippen LogP contribution is 2.26. The molecule has 0 aromatic heterocycles. The Kier molecular flexibility index (Phi) is 4.65. The summed E-state index contributed by atoms with van der Waals surface area (Å²) in [6, 6.07) is 8.77. The van der Waals surface area contributed by atoms with Gasteiger partial charge in [-0.25, -0.2) is 0 Å². The van der Waals surface area contributed by atoms with Gasteiger partial charge in [0, 0.05) is 25.2 Å². The third kappa shape index (κ3) is 3.26. The first-order valence-corrected chi connectivity index (χ1v) is 7.19. The lowest BCUT2D eigenvalue weighted by Gasteiger charge is -2.32. The summed E-state index contributed by atoms with van der Waals surface area (Å²) in [6.45, 7) is 3.14. The van der Waals surface area contributed by atoms with Crippen LogP contribution in [0.4, 0.5) is 5.69 Å². The first kappa shape index (κ1) is 13.4. The maximum atomic E-state index is 10.0. The minimum Gasteiger partial charge on any atom is -0.393 e. The van der Waals surface area contributed by atoms with E-state index in [0.29, 0.717) is 5.92 Å². The number of hydrogen-bond acceptors (Lipinski definition) is 2. The lowest BCUT2D eigenvalue weighted by atomic mass is 9.86. The molecule has 1 aliphatic rings. The Hall–Kier alpha value is -1.02. The fourth-order valence-corrected chi connectivity index (χ4v) is 2.84. The zero-order valence-electron chi connectivity index (χ0n) is 11.6. The SMILES string of the molecule is CCc1ccc(N(C)CC2CCCCC2O)cc1. The fourth-order valence-electron chi connectivity index (χ4n) is 2.84. The number of rotatable bonds is 4. The van der Waals surface area contributed by atoms with Gasteiger partial charge < -0.3 is 10.0 Å². The van der Waals surface area contributed by atoms with Crippen molar-refractivity contribution in [2.24, 2.45) is 5.92 Å². The van der Waals surface area contributed by atoms with Crippen molar-refractivity contribution >= 4 is 5.69 Å². The Morgan fingerprint density at radius 1 is 1.17 bits per heavy atom. The van der Waals surface area contributed by atoms with Crippen LogP contribution in [0.5, 0.6) is 0 Å². The van der Waals surface area contributed by atoms with E-state index in [1.54, 1.807) is 0 Å². The first-order chi connectivity index (χ1) is 8.70. The van der Waals surface area contributed by atoms with E-state index >= 15 is 0 Å². The summed E-state index contributed by atoms with van der Waals surface area (Å²) in [6.07, 6.45) is 5.59. The van der Waals surface area contributed by atoms with Crippen molar-refractivity contribution < 1.29 is 5.11 Å². The Balaban J connectivity index is 1.95. The molecule has 2 rings (SSSR count).